The second kappa shape index (κ2) is 12.9. The van der Waals surface area contributed by atoms with Crippen molar-refractivity contribution < 1.29 is 8.83 Å². The van der Waals surface area contributed by atoms with Gasteiger partial charge in [-0.2, -0.15) is 0 Å². The molecule has 0 fully saturated rings. The average molecular weight is 681 g/mol. The van der Waals surface area contributed by atoms with Crippen LogP contribution in [-0.2, 0) is 0 Å². The molecule has 4 nitrogen and oxygen atoms in total. The van der Waals surface area contributed by atoms with Crippen LogP contribution in [0.4, 0.5) is 17.1 Å². The van der Waals surface area contributed by atoms with Crippen LogP contribution in [0.5, 0.6) is 0 Å². The van der Waals surface area contributed by atoms with E-state index >= 15 is 0 Å². The number of benzene rings is 8. The number of para-hydroxylation sites is 1. The second-order valence-electron chi connectivity index (χ2n) is 13.2. The molecule has 0 atom stereocenters. The molecule has 0 amide bonds. The average Bonchev–Trinajstić information content (AvgIpc) is 3.84. The van der Waals surface area contributed by atoms with Crippen LogP contribution in [0.3, 0.4) is 0 Å². The number of oxazole rings is 1. The summed E-state index contributed by atoms with van der Waals surface area (Å²) in [5.41, 5.74) is 13.8. The molecule has 10 aromatic rings. The Kier molecular flexibility index (Phi) is 7.43. The number of fused-ring (bicyclic) bond motifs is 4. The zero-order valence-electron chi connectivity index (χ0n) is 28.7. The van der Waals surface area contributed by atoms with Crippen LogP contribution in [0.1, 0.15) is 0 Å². The maximum atomic E-state index is 6.52. The lowest BCUT2D eigenvalue weighted by Gasteiger charge is -2.27. The summed E-state index contributed by atoms with van der Waals surface area (Å²) < 4.78 is 13.0. The summed E-state index contributed by atoms with van der Waals surface area (Å²) in [4.78, 5) is 7.50. The van der Waals surface area contributed by atoms with E-state index in [0.29, 0.717) is 11.5 Å². The van der Waals surface area contributed by atoms with Gasteiger partial charge in [-0.25, -0.2) is 4.98 Å². The van der Waals surface area contributed by atoms with Gasteiger partial charge in [-0.15, -0.1) is 0 Å². The Balaban J connectivity index is 1.17. The van der Waals surface area contributed by atoms with Gasteiger partial charge in [0.2, 0.25) is 5.89 Å². The second-order valence-corrected chi connectivity index (χ2v) is 13.2. The van der Waals surface area contributed by atoms with E-state index in [0.717, 1.165) is 66.8 Å². The number of hydrogen-bond donors (Lipinski definition) is 0. The van der Waals surface area contributed by atoms with E-state index in [1.54, 1.807) is 0 Å². The Hall–Kier alpha value is -7.17. The van der Waals surface area contributed by atoms with Gasteiger partial charge >= 0.3 is 0 Å². The molecule has 8 aromatic carbocycles. The molecule has 0 unspecified atom stereocenters. The van der Waals surface area contributed by atoms with Gasteiger partial charge in [0.1, 0.15) is 16.7 Å². The number of rotatable bonds is 7. The SMILES string of the molecule is c1ccc(-c2ccc(-c3ccc(N(c4ccc(-c5ccccc5)cc4)c4c5nc(-c6ccccc6)oc5cc5oc6ccccc6c45)cc3)cc2)cc1. The molecule has 0 radical (unpaired) electrons. The van der Waals surface area contributed by atoms with Crippen molar-refractivity contribution in [1.82, 2.24) is 4.98 Å². The first-order chi connectivity index (χ1) is 26.3. The fourth-order valence-corrected chi connectivity index (χ4v) is 7.30. The molecule has 0 saturated heterocycles. The van der Waals surface area contributed by atoms with Crippen molar-refractivity contribution in [2.24, 2.45) is 0 Å². The molecule has 10 rings (SSSR count). The molecule has 0 saturated carbocycles. The lowest BCUT2D eigenvalue weighted by molar-refractivity contribution is 0.617. The highest BCUT2D eigenvalue weighted by atomic mass is 16.4. The van der Waals surface area contributed by atoms with Crippen molar-refractivity contribution in [3.8, 4) is 44.8 Å². The highest BCUT2D eigenvalue weighted by Gasteiger charge is 2.26. The lowest BCUT2D eigenvalue weighted by Crippen LogP contribution is -2.11. The Bertz CT molecular complexity index is 2840. The largest absolute Gasteiger partial charge is 0.456 e. The summed E-state index contributed by atoms with van der Waals surface area (Å²) in [5, 5.41) is 2.00. The summed E-state index contributed by atoms with van der Waals surface area (Å²) in [5.74, 6) is 0.562. The van der Waals surface area contributed by atoms with Crippen LogP contribution < -0.4 is 4.90 Å². The molecular weight excluding hydrogens is 649 g/mol. The molecule has 0 aliphatic heterocycles. The van der Waals surface area contributed by atoms with Crippen LogP contribution >= 0.6 is 0 Å². The van der Waals surface area contributed by atoms with Crippen molar-refractivity contribution in [3.05, 3.63) is 194 Å². The van der Waals surface area contributed by atoms with Gasteiger partial charge in [-0.1, -0.05) is 146 Å². The molecule has 0 aliphatic rings. The summed E-state index contributed by atoms with van der Waals surface area (Å²) in [6.07, 6.45) is 0. The van der Waals surface area contributed by atoms with E-state index in [1.807, 2.05) is 60.7 Å². The lowest BCUT2D eigenvalue weighted by atomic mass is 9.99. The number of anilines is 3. The molecule has 250 valence electrons. The maximum absolute atomic E-state index is 6.52. The minimum Gasteiger partial charge on any atom is -0.456 e. The standard InChI is InChI=1S/C49H32N2O2/c1-4-12-33(13-5-1)35-20-22-36(23-21-35)38-26-30-41(31-27-38)51(40-28-24-37(25-29-40)34-14-6-2-7-15-34)48-46-42-18-10-11-19-43(42)52-44(46)32-45-47(48)50-49(53-45)39-16-8-3-9-17-39/h1-32H. The number of aromatic nitrogens is 1. The van der Waals surface area contributed by atoms with Gasteiger partial charge in [-0.05, 0) is 75.8 Å². The smallest absolute Gasteiger partial charge is 0.227 e. The van der Waals surface area contributed by atoms with Crippen LogP contribution in [-0.4, -0.2) is 4.98 Å². The van der Waals surface area contributed by atoms with Gasteiger partial charge in [0, 0.05) is 28.4 Å². The van der Waals surface area contributed by atoms with Gasteiger partial charge in [-0.3, -0.25) is 0 Å². The monoisotopic (exact) mass is 680 g/mol. The molecule has 0 N–H and O–H groups in total. The van der Waals surface area contributed by atoms with E-state index in [9.17, 15) is 0 Å². The van der Waals surface area contributed by atoms with Gasteiger partial charge in [0.05, 0.1) is 11.1 Å². The fraction of sp³-hybridized carbons (Fsp3) is 0. The normalized spacial score (nSPS) is 11.4. The first-order valence-corrected chi connectivity index (χ1v) is 17.8. The number of hydrogen-bond acceptors (Lipinski definition) is 4. The van der Waals surface area contributed by atoms with Crippen molar-refractivity contribution in [2.45, 2.75) is 0 Å². The molecule has 0 aliphatic carbocycles. The Morgan fingerprint density at radius 2 is 0.792 bits per heavy atom. The summed E-state index contributed by atoms with van der Waals surface area (Å²) in [6.45, 7) is 0. The van der Waals surface area contributed by atoms with E-state index in [1.165, 1.54) is 16.7 Å². The van der Waals surface area contributed by atoms with Crippen LogP contribution in [0, 0.1) is 0 Å². The summed E-state index contributed by atoms with van der Waals surface area (Å²) in [6, 6.07) is 67.4. The molecule has 0 spiro atoms. The minimum atomic E-state index is 0.562. The molecule has 2 heterocycles. The molecular formula is C49H32N2O2. The Labute approximate surface area is 306 Å². The van der Waals surface area contributed by atoms with E-state index < -0.39 is 0 Å². The van der Waals surface area contributed by atoms with Crippen LogP contribution in [0.2, 0.25) is 0 Å². The summed E-state index contributed by atoms with van der Waals surface area (Å²) in [7, 11) is 0. The predicted octanol–water partition coefficient (Wildman–Crippen LogP) is 13.9. The maximum Gasteiger partial charge on any atom is 0.227 e. The van der Waals surface area contributed by atoms with Crippen molar-refractivity contribution in [2.75, 3.05) is 4.90 Å². The van der Waals surface area contributed by atoms with E-state index in [4.69, 9.17) is 13.8 Å². The Morgan fingerprint density at radius 3 is 1.32 bits per heavy atom. The highest BCUT2D eigenvalue weighted by Crippen LogP contribution is 2.48. The highest BCUT2D eigenvalue weighted by molar-refractivity contribution is 6.20. The van der Waals surface area contributed by atoms with Gasteiger partial charge < -0.3 is 13.7 Å². The predicted molar refractivity (Wildman–Crippen MR) is 218 cm³/mol. The minimum absolute atomic E-state index is 0.562. The topological polar surface area (TPSA) is 42.4 Å². The Morgan fingerprint density at radius 1 is 0.358 bits per heavy atom. The van der Waals surface area contributed by atoms with E-state index in [2.05, 4.69) is 138 Å². The van der Waals surface area contributed by atoms with E-state index in [-0.39, 0.29) is 0 Å². The zero-order chi connectivity index (χ0) is 35.1. The summed E-state index contributed by atoms with van der Waals surface area (Å²) >= 11 is 0. The van der Waals surface area contributed by atoms with Crippen molar-refractivity contribution in [1.29, 1.82) is 0 Å². The third-order valence-electron chi connectivity index (χ3n) is 9.93. The number of furan rings is 1. The fourth-order valence-electron chi connectivity index (χ4n) is 7.30. The molecule has 53 heavy (non-hydrogen) atoms. The van der Waals surface area contributed by atoms with Crippen LogP contribution in [0.25, 0.3) is 77.9 Å². The van der Waals surface area contributed by atoms with Gasteiger partial charge in [0.15, 0.2) is 5.58 Å². The number of nitrogens with zero attached hydrogens (tertiary/aromatic N) is 2. The first-order valence-electron chi connectivity index (χ1n) is 17.8. The molecule has 2 aromatic heterocycles. The molecule has 0 bridgehead atoms. The van der Waals surface area contributed by atoms with Crippen LogP contribution in [0.15, 0.2) is 203 Å². The quantitative estimate of drug-likeness (QED) is 0.168. The van der Waals surface area contributed by atoms with Crippen molar-refractivity contribution >= 4 is 50.1 Å². The zero-order valence-corrected chi connectivity index (χ0v) is 28.7. The van der Waals surface area contributed by atoms with Gasteiger partial charge in [0.25, 0.3) is 0 Å². The third kappa shape index (κ3) is 5.54. The molecule has 4 heteroatoms. The first kappa shape index (κ1) is 30.6. The van der Waals surface area contributed by atoms with Crippen molar-refractivity contribution in [3.63, 3.8) is 0 Å². The third-order valence-corrected chi connectivity index (χ3v) is 9.93.